The topological polar surface area (TPSA) is 41.6 Å². The molecule has 3 aromatic rings. The van der Waals surface area contributed by atoms with E-state index in [0.29, 0.717) is 11.4 Å². The molecule has 0 aliphatic heterocycles. The number of halogens is 1. The highest BCUT2D eigenvalue weighted by Gasteiger charge is 2.10. The molecule has 2 heterocycles. The minimum Gasteiger partial charge on any atom is -0.338 e. The second kappa shape index (κ2) is 3.91. The first kappa shape index (κ1) is 10.9. The van der Waals surface area contributed by atoms with Crippen LogP contribution in [-0.4, -0.2) is 15.0 Å². The molecule has 0 radical (unpaired) electrons. The predicted octanol–water partition coefficient (Wildman–Crippen LogP) is 3.38. The molecule has 18 heavy (non-hydrogen) atoms. The molecule has 1 N–H and O–H groups in total. The van der Waals surface area contributed by atoms with Gasteiger partial charge in [-0.2, -0.15) is 0 Å². The fourth-order valence-corrected chi connectivity index (χ4v) is 1.96. The molecule has 4 heteroatoms. The van der Waals surface area contributed by atoms with Crippen LogP contribution in [-0.2, 0) is 0 Å². The highest BCUT2D eigenvalue weighted by atomic mass is 19.1. The first-order chi connectivity index (χ1) is 8.65. The van der Waals surface area contributed by atoms with E-state index in [1.54, 1.807) is 12.3 Å². The zero-order valence-electron chi connectivity index (χ0n) is 10.2. The van der Waals surface area contributed by atoms with Gasteiger partial charge in [0.1, 0.15) is 5.82 Å². The van der Waals surface area contributed by atoms with Crippen molar-refractivity contribution >= 4 is 11.0 Å². The van der Waals surface area contributed by atoms with Crippen molar-refractivity contribution < 1.29 is 4.39 Å². The third-order valence-electron chi connectivity index (χ3n) is 3.12. The number of imidazole rings is 1. The van der Waals surface area contributed by atoms with Gasteiger partial charge in [0.2, 0.25) is 0 Å². The standard InChI is InChI=1S/C14H12FN3/c1-8-5-12-13(6-9(8)2)18-14(17-12)10-3-4-16-7-11(10)15/h3-7H,1-2H3,(H,17,18). The lowest BCUT2D eigenvalue weighted by molar-refractivity contribution is 0.624. The molecule has 0 amide bonds. The van der Waals surface area contributed by atoms with Gasteiger partial charge < -0.3 is 4.98 Å². The summed E-state index contributed by atoms with van der Waals surface area (Å²) in [5.41, 5.74) is 4.58. The van der Waals surface area contributed by atoms with Crippen molar-refractivity contribution in [2.45, 2.75) is 13.8 Å². The van der Waals surface area contributed by atoms with Gasteiger partial charge in [-0.3, -0.25) is 4.98 Å². The minimum atomic E-state index is -0.370. The smallest absolute Gasteiger partial charge is 0.152 e. The number of hydrogen-bond donors (Lipinski definition) is 1. The molecular weight excluding hydrogens is 229 g/mol. The Morgan fingerprint density at radius 2 is 1.94 bits per heavy atom. The minimum absolute atomic E-state index is 0.370. The van der Waals surface area contributed by atoms with Gasteiger partial charge in [-0.05, 0) is 43.2 Å². The summed E-state index contributed by atoms with van der Waals surface area (Å²) in [6.07, 6.45) is 2.75. The summed E-state index contributed by atoms with van der Waals surface area (Å²) in [6, 6.07) is 5.65. The SMILES string of the molecule is Cc1cc2nc(-c3ccncc3F)[nH]c2cc1C. The molecule has 90 valence electrons. The number of fused-ring (bicyclic) bond motifs is 1. The first-order valence-electron chi connectivity index (χ1n) is 5.72. The molecular formula is C14H12FN3. The fraction of sp³-hybridized carbons (Fsp3) is 0.143. The second-order valence-electron chi connectivity index (χ2n) is 4.39. The first-order valence-corrected chi connectivity index (χ1v) is 5.72. The van der Waals surface area contributed by atoms with Gasteiger partial charge in [-0.15, -0.1) is 0 Å². The normalized spacial score (nSPS) is 11.1. The molecule has 0 unspecified atom stereocenters. The summed E-state index contributed by atoms with van der Waals surface area (Å²) >= 11 is 0. The van der Waals surface area contributed by atoms with Crippen molar-refractivity contribution in [2.75, 3.05) is 0 Å². The fourth-order valence-electron chi connectivity index (χ4n) is 1.96. The maximum atomic E-state index is 13.6. The van der Waals surface area contributed by atoms with Crippen LogP contribution >= 0.6 is 0 Å². The number of nitrogens with one attached hydrogen (secondary N) is 1. The summed E-state index contributed by atoms with van der Waals surface area (Å²) in [7, 11) is 0. The molecule has 0 fully saturated rings. The Labute approximate surface area is 104 Å². The molecule has 1 aromatic carbocycles. The maximum Gasteiger partial charge on any atom is 0.152 e. The van der Waals surface area contributed by atoms with E-state index in [-0.39, 0.29) is 5.82 Å². The lowest BCUT2D eigenvalue weighted by Crippen LogP contribution is -1.86. The molecule has 0 spiro atoms. The van der Waals surface area contributed by atoms with Crippen LogP contribution in [0.1, 0.15) is 11.1 Å². The molecule has 0 atom stereocenters. The van der Waals surface area contributed by atoms with E-state index < -0.39 is 0 Å². The molecule has 0 saturated heterocycles. The third kappa shape index (κ3) is 1.66. The average Bonchev–Trinajstić information content (AvgIpc) is 2.73. The number of aromatic nitrogens is 3. The zero-order chi connectivity index (χ0) is 12.7. The van der Waals surface area contributed by atoms with Crippen molar-refractivity contribution in [3.63, 3.8) is 0 Å². The Bertz CT molecular complexity index is 692. The Balaban J connectivity index is 2.23. The van der Waals surface area contributed by atoms with Gasteiger partial charge in [0, 0.05) is 6.20 Å². The number of rotatable bonds is 1. The van der Waals surface area contributed by atoms with Crippen LogP contribution in [0.4, 0.5) is 4.39 Å². The van der Waals surface area contributed by atoms with Gasteiger partial charge in [0.15, 0.2) is 5.82 Å². The van der Waals surface area contributed by atoms with Gasteiger partial charge >= 0.3 is 0 Å². The highest BCUT2D eigenvalue weighted by molar-refractivity contribution is 5.80. The molecule has 3 nitrogen and oxygen atoms in total. The van der Waals surface area contributed by atoms with E-state index >= 15 is 0 Å². The largest absolute Gasteiger partial charge is 0.338 e. The quantitative estimate of drug-likeness (QED) is 0.709. The Morgan fingerprint density at radius 3 is 2.72 bits per heavy atom. The molecule has 3 rings (SSSR count). The van der Waals surface area contributed by atoms with Crippen molar-refractivity contribution in [2.24, 2.45) is 0 Å². The monoisotopic (exact) mass is 241 g/mol. The van der Waals surface area contributed by atoms with Crippen LogP contribution in [0.3, 0.4) is 0 Å². The summed E-state index contributed by atoms with van der Waals surface area (Å²) < 4.78 is 13.6. The zero-order valence-corrected chi connectivity index (χ0v) is 10.2. The summed E-state index contributed by atoms with van der Waals surface area (Å²) in [4.78, 5) is 11.3. The summed E-state index contributed by atoms with van der Waals surface area (Å²) in [6.45, 7) is 4.08. The third-order valence-corrected chi connectivity index (χ3v) is 3.12. The summed E-state index contributed by atoms with van der Waals surface area (Å²) in [5, 5.41) is 0. The van der Waals surface area contributed by atoms with Crippen LogP contribution in [0.2, 0.25) is 0 Å². The number of benzene rings is 1. The number of aromatic amines is 1. The molecule has 0 saturated carbocycles. The van der Waals surface area contributed by atoms with E-state index in [4.69, 9.17) is 0 Å². The number of hydrogen-bond acceptors (Lipinski definition) is 2. The Kier molecular flexibility index (Phi) is 2.37. The number of nitrogens with zero attached hydrogens (tertiary/aromatic N) is 2. The van der Waals surface area contributed by atoms with Crippen molar-refractivity contribution in [3.05, 3.63) is 47.5 Å². The van der Waals surface area contributed by atoms with Crippen molar-refractivity contribution in [3.8, 4) is 11.4 Å². The van der Waals surface area contributed by atoms with Gasteiger partial charge in [0.05, 0.1) is 22.8 Å². The predicted molar refractivity (Wildman–Crippen MR) is 68.8 cm³/mol. The van der Waals surface area contributed by atoms with Crippen LogP contribution in [0.5, 0.6) is 0 Å². The number of H-pyrrole nitrogens is 1. The lowest BCUT2D eigenvalue weighted by atomic mass is 10.1. The molecule has 2 aromatic heterocycles. The van der Waals surface area contributed by atoms with E-state index in [2.05, 4.69) is 15.0 Å². The Hall–Kier alpha value is -2.23. The number of aryl methyl sites for hydroxylation is 2. The van der Waals surface area contributed by atoms with E-state index in [1.807, 2.05) is 26.0 Å². The lowest BCUT2D eigenvalue weighted by Gasteiger charge is -1.97. The van der Waals surface area contributed by atoms with Crippen LogP contribution in [0.25, 0.3) is 22.4 Å². The van der Waals surface area contributed by atoms with Crippen molar-refractivity contribution in [1.29, 1.82) is 0 Å². The highest BCUT2D eigenvalue weighted by Crippen LogP contribution is 2.24. The van der Waals surface area contributed by atoms with Gasteiger partial charge in [0.25, 0.3) is 0 Å². The summed E-state index contributed by atoms with van der Waals surface area (Å²) in [5.74, 6) is 0.167. The average molecular weight is 241 g/mol. The van der Waals surface area contributed by atoms with Gasteiger partial charge in [-0.1, -0.05) is 0 Å². The molecule has 0 aliphatic carbocycles. The van der Waals surface area contributed by atoms with Crippen molar-refractivity contribution in [1.82, 2.24) is 15.0 Å². The van der Waals surface area contributed by atoms with Crippen LogP contribution in [0, 0.1) is 19.7 Å². The van der Waals surface area contributed by atoms with Crippen LogP contribution < -0.4 is 0 Å². The van der Waals surface area contributed by atoms with Gasteiger partial charge in [-0.25, -0.2) is 9.37 Å². The number of pyridine rings is 1. The van der Waals surface area contributed by atoms with E-state index in [9.17, 15) is 4.39 Å². The molecule has 0 bridgehead atoms. The second-order valence-corrected chi connectivity index (χ2v) is 4.39. The van der Waals surface area contributed by atoms with E-state index in [0.717, 1.165) is 11.0 Å². The van der Waals surface area contributed by atoms with E-state index in [1.165, 1.54) is 17.3 Å². The van der Waals surface area contributed by atoms with Crippen LogP contribution in [0.15, 0.2) is 30.6 Å². The Morgan fingerprint density at radius 1 is 1.17 bits per heavy atom. The maximum absolute atomic E-state index is 13.6. The molecule has 0 aliphatic rings.